The highest BCUT2D eigenvalue weighted by Gasteiger charge is 2.25. The number of pyridine rings is 1. The van der Waals surface area contributed by atoms with E-state index in [2.05, 4.69) is 16.9 Å². The second-order valence-electron chi connectivity index (χ2n) is 4.44. The summed E-state index contributed by atoms with van der Waals surface area (Å²) in [5.41, 5.74) is 1.27. The Hall–Kier alpha value is -0.930. The Kier molecular flexibility index (Phi) is 3.34. The van der Waals surface area contributed by atoms with Crippen LogP contribution in [-0.2, 0) is 6.42 Å². The Labute approximate surface area is 90.8 Å². The number of piperidine rings is 1. The van der Waals surface area contributed by atoms with E-state index in [9.17, 15) is 5.11 Å². The van der Waals surface area contributed by atoms with Gasteiger partial charge in [0.1, 0.15) is 0 Å². The average Bonchev–Trinajstić information content (AvgIpc) is 2.25. The molecule has 1 aliphatic heterocycles. The number of hydrogen-bond acceptors (Lipinski definition) is 3. The Morgan fingerprint density at radius 2 is 2.20 bits per heavy atom. The van der Waals surface area contributed by atoms with Crippen molar-refractivity contribution < 1.29 is 5.11 Å². The number of likely N-dealkylation sites (tertiary alicyclic amines) is 1. The number of aliphatic hydroxyl groups is 1. The van der Waals surface area contributed by atoms with Crippen molar-refractivity contribution in [3.63, 3.8) is 0 Å². The van der Waals surface area contributed by atoms with Crippen LogP contribution in [-0.4, -0.2) is 41.2 Å². The van der Waals surface area contributed by atoms with Gasteiger partial charge < -0.3 is 10.0 Å². The first-order chi connectivity index (χ1) is 7.25. The van der Waals surface area contributed by atoms with E-state index < -0.39 is 0 Å². The minimum atomic E-state index is -0.144. The molecule has 0 unspecified atom stereocenters. The molecule has 82 valence electrons. The molecule has 1 fully saturated rings. The summed E-state index contributed by atoms with van der Waals surface area (Å²) in [6.07, 6.45) is 5.33. The Bertz CT molecular complexity index is 302. The fourth-order valence-electron chi connectivity index (χ4n) is 2.22. The quantitative estimate of drug-likeness (QED) is 0.782. The second-order valence-corrected chi connectivity index (χ2v) is 4.44. The molecule has 3 heteroatoms. The Morgan fingerprint density at radius 1 is 1.47 bits per heavy atom. The monoisotopic (exact) mass is 206 g/mol. The van der Waals surface area contributed by atoms with Gasteiger partial charge >= 0.3 is 0 Å². The SMILES string of the molecule is CN1CC[C@H](O)[C@H](Cc2ccncc2)C1. The summed E-state index contributed by atoms with van der Waals surface area (Å²) >= 11 is 0. The van der Waals surface area contributed by atoms with Gasteiger partial charge in [0.05, 0.1) is 6.10 Å². The molecule has 0 saturated carbocycles. The van der Waals surface area contributed by atoms with Crippen LogP contribution in [0.5, 0.6) is 0 Å². The van der Waals surface area contributed by atoms with E-state index >= 15 is 0 Å². The van der Waals surface area contributed by atoms with Crippen LogP contribution >= 0.6 is 0 Å². The van der Waals surface area contributed by atoms with Gasteiger partial charge in [-0.05, 0) is 37.6 Å². The van der Waals surface area contributed by atoms with Gasteiger partial charge in [0.15, 0.2) is 0 Å². The normalized spacial score (nSPS) is 27.9. The van der Waals surface area contributed by atoms with Crippen LogP contribution < -0.4 is 0 Å². The predicted octanol–water partition coefficient (Wildman–Crippen LogP) is 0.937. The third-order valence-corrected chi connectivity index (χ3v) is 3.14. The van der Waals surface area contributed by atoms with E-state index in [0.717, 1.165) is 25.9 Å². The van der Waals surface area contributed by atoms with Gasteiger partial charge in [-0.1, -0.05) is 0 Å². The molecule has 1 aromatic rings. The molecule has 0 radical (unpaired) electrons. The fourth-order valence-corrected chi connectivity index (χ4v) is 2.22. The van der Waals surface area contributed by atoms with Crippen molar-refractivity contribution in [3.05, 3.63) is 30.1 Å². The maximum Gasteiger partial charge on any atom is 0.0596 e. The topological polar surface area (TPSA) is 36.4 Å². The van der Waals surface area contributed by atoms with E-state index in [1.54, 1.807) is 0 Å². The van der Waals surface area contributed by atoms with E-state index in [-0.39, 0.29) is 6.10 Å². The highest BCUT2D eigenvalue weighted by Crippen LogP contribution is 2.20. The molecule has 0 bridgehead atoms. The van der Waals surface area contributed by atoms with Gasteiger partial charge in [-0.25, -0.2) is 0 Å². The zero-order valence-electron chi connectivity index (χ0n) is 9.13. The summed E-state index contributed by atoms with van der Waals surface area (Å²) in [5, 5.41) is 9.91. The number of aliphatic hydroxyl groups excluding tert-OH is 1. The lowest BCUT2D eigenvalue weighted by Gasteiger charge is -2.33. The van der Waals surface area contributed by atoms with Crippen molar-refractivity contribution in [2.24, 2.45) is 5.92 Å². The lowest BCUT2D eigenvalue weighted by atomic mass is 9.89. The first-order valence-electron chi connectivity index (χ1n) is 5.51. The average molecular weight is 206 g/mol. The first-order valence-corrected chi connectivity index (χ1v) is 5.51. The lowest BCUT2D eigenvalue weighted by Crippen LogP contribution is -2.41. The third-order valence-electron chi connectivity index (χ3n) is 3.14. The van der Waals surface area contributed by atoms with Gasteiger partial charge in [0.2, 0.25) is 0 Å². The Morgan fingerprint density at radius 3 is 2.93 bits per heavy atom. The van der Waals surface area contributed by atoms with E-state index in [4.69, 9.17) is 0 Å². The van der Waals surface area contributed by atoms with Gasteiger partial charge in [0, 0.05) is 31.4 Å². The van der Waals surface area contributed by atoms with Crippen LogP contribution in [0.1, 0.15) is 12.0 Å². The molecule has 3 nitrogen and oxygen atoms in total. The van der Waals surface area contributed by atoms with Crippen molar-refractivity contribution in [2.45, 2.75) is 18.9 Å². The van der Waals surface area contributed by atoms with Crippen molar-refractivity contribution in [1.82, 2.24) is 9.88 Å². The van der Waals surface area contributed by atoms with Crippen molar-refractivity contribution in [1.29, 1.82) is 0 Å². The smallest absolute Gasteiger partial charge is 0.0596 e. The lowest BCUT2D eigenvalue weighted by molar-refractivity contribution is 0.0366. The van der Waals surface area contributed by atoms with E-state index in [1.165, 1.54) is 5.56 Å². The molecule has 1 aliphatic rings. The maximum atomic E-state index is 9.91. The summed E-state index contributed by atoms with van der Waals surface area (Å²) in [5.74, 6) is 0.367. The van der Waals surface area contributed by atoms with Crippen molar-refractivity contribution in [2.75, 3.05) is 20.1 Å². The largest absolute Gasteiger partial charge is 0.393 e. The van der Waals surface area contributed by atoms with Crippen molar-refractivity contribution >= 4 is 0 Å². The molecule has 2 heterocycles. The van der Waals surface area contributed by atoms with Crippen LogP contribution in [0.3, 0.4) is 0 Å². The standard InChI is InChI=1S/C12H18N2O/c1-14-7-4-12(15)11(9-14)8-10-2-5-13-6-3-10/h2-3,5-6,11-12,15H,4,7-9H2,1H3/t11-,12+/m1/s1. The summed E-state index contributed by atoms with van der Waals surface area (Å²) in [6.45, 7) is 2.00. The molecule has 1 aromatic heterocycles. The highest BCUT2D eigenvalue weighted by atomic mass is 16.3. The molecule has 15 heavy (non-hydrogen) atoms. The molecular formula is C12H18N2O. The van der Waals surface area contributed by atoms with Gasteiger partial charge in [0.25, 0.3) is 0 Å². The van der Waals surface area contributed by atoms with Gasteiger partial charge in [-0.3, -0.25) is 4.98 Å². The van der Waals surface area contributed by atoms with E-state index in [1.807, 2.05) is 24.5 Å². The minimum absolute atomic E-state index is 0.144. The number of aromatic nitrogens is 1. The predicted molar refractivity (Wildman–Crippen MR) is 59.6 cm³/mol. The number of rotatable bonds is 2. The molecule has 2 rings (SSSR count). The molecule has 1 saturated heterocycles. The third kappa shape index (κ3) is 2.76. The summed E-state index contributed by atoms with van der Waals surface area (Å²) < 4.78 is 0. The van der Waals surface area contributed by atoms with Crippen molar-refractivity contribution in [3.8, 4) is 0 Å². The minimum Gasteiger partial charge on any atom is -0.393 e. The van der Waals surface area contributed by atoms with Gasteiger partial charge in [-0.2, -0.15) is 0 Å². The summed E-state index contributed by atoms with van der Waals surface area (Å²) in [7, 11) is 2.12. The molecule has 0 aliphatic carbocycles. The summed E-state index contributed by atoms with van der Waals surface area (Å²) in [6, 6.07) is 4.06. The van der Waals surface area contributed by atoms with Crippen LogP contribution in [0.4, 0.5) is 0 Å². The molecule has 1 N–H and O–H groups in total. The maximum absolute atomic E-state index is 9.91. The highest BCUT2D eigenvalue weighted by molar-refractivity contribution is 5.11. The Balaban J connectivity index is 1.98. The molecule has 0 aromatic carbocycles. The van der Waals surface area contributed by atoms with Crippen LogP contribution in [0.25, 0.3) is 0 Å². The first kappa shape index (κ1) is 10.6. The number of nitrogens with zero attached hydrogens (tertiary/aromatic N) is 2. The molecule has 0 spiro atoms. The van der Waals surface area contributed by atoms with Crippen LogP contribution in [0, 0.1) is 5.92 Å². The molecular weight excluding hydrogens is 188 g/mol. The summed E-state index contributed by atoms with van der Waals surface area (Å²) in [4.78, 5) is 6.29. The number of hydrogen-bond donors (Lipinski definition) is 1. The van der Waals surface area contributed by atoms with Crippen LogP contribution in [0.15, 0.2) is 24.5 Å². The van der Waals surface area contributed by atoms with Gasteiger partial charge in [-0.15, -0.1) is 0 Å². The second kappa shape index (κ2) is 4.73. The molecule has 0 amide bonds. The fraction of sp³-hybridized carbons (Fsp3) is 0.583. The zero-order valence-corrected chi connectivity index (χ0v) is 9.13. The molecule has 2 atom stereocenters. The van der Waals surface area contributed by atoms with Crippen LogP contribution in [0.2, 0.25) is 0 Å². The van der Waals surface area contributed by atoms with E-state index in [0.29, 0.717) is 5.92 Å². The zero-order chi connectivity index (χ0) is 10.7.